The van der Waals surface area contributed by atoms with E-state index in [-0.39, 0.29) is 17.4 Å². The van der Waals surface area contributed by atoms with Gasteiger partial charge in [-0.3, -0.25) is 4.79 Å². The number of carbonyl (C=O) groups is 1. The van der Waals surface area contributed by atoms with Crippen molar-refractivity contribution in [3.05, 3.63) is 35.9 Å². The molecule has 0 radical (unpaired) electrons. The maximum atomic E-state index is 12.5. The monoisotopic (exact) mass is 302 g/mol. The highest BCUT2D eigenvalue weighted by atomic mass is 16.1. The minimum absolute atomic E-state index is 0.0490. The Bertz CT molecular complexity index is 452. The number of amides is 1. The number of carbonyl (C=O) groups excluding carboxylic acids is 1. The molecule has 1 amide bonds. The summed E-state index contributed by atoms with van der Waals surface area (Å²) in [5.74, 6) is 0.176. The lowest BCUT2D eigenvalue weighted by Crippen LogP contribution is -2.42. The molecule has 122 valence electrons. The van der Waals surface area contributed by atoms with E-state index in [0.29, 0.717) is 13.0 Å². The van der Waals surface area contributed by atoms with Crippen molar-refractivity contribution in [2.24, 2.45) is 11.1 Å². The number of nitrogens with one attached hydrogen (secondary N) is 1. The van der Waals surface area contributed by atoms with Gasteiger partial charge in [-0.2, -0.15) is 0 Å². The predicted molar refractivity (Wildman–Crippen MR) is 91.6 cm³/mol. The van der Waals surface area contributed by atoms with Crippen molar-refractivity contribution in [1.29, 1.82) is 0 Å². The average Bonchev–Trinajstić information content (AvgIpc) is 2.56. The summed E-state index contributed by atoms with van der Waals surface area (Å²) >= 11 is 0. The van der Waals surface area contributed by atoms with E-state index >= 15 is 0 Å². The second kappa shape index (κ2) is 8.33. The Morgan fingerprint density at radius 3 is 2.50 bits per heavy atom. The fourth-order valence-electron chi connectivity index (χ4n) is 3.57. The number of hydrogen-bond acceptors (Lipinski definition) is 2. The van der Waals surface area contributed by atoms with E-state index in [2.05, 4.69) is 36.5 Å². The van der Waals surface area contributed by atoms with Crippen LogP contribution in [0.25, 0.3) is 0 Å². The molecule has 0 spiro atoms. The highest BCUT2D eigenvalue weighted by Gasteiger charge is 2.33. The van der Waals surface area contributed by atoms with Gasteiger partial charge in [-0.1, -0.05) is 56.5 Å². The van der Waals surface area contributed by atoms with Crippen LogP contribution in [0, 0.1) is 5.41 Å². The van der Waals surface area contributed by atoms with E-state index in [9.17, 15) is 4.79 Å². The third kappa shape index (κ3) is 4.84. The Kier molecular flexibility index (Phi) is 6.44. The SMILES string of the molecule is CCC(Cc1ccccc1)NC(=O)CC1(CN)CCCCC1. The van der Waals surface area contributed by atoms with Crippen LogP contribution in [0.15, 0.2) is 30.3 Å². The van der Waals surface area contributed by atoms with Crippen molar-refractivity contribution < 1.29 is 4.79 Å². The second-order valence-electron chi connectivity index (χ2n) is 6.80. The minimum atomic E-state index is 0.0490. The number of benzene rings is 1. The summed E-state index contributed by atoms with van der Waals surface area (Å²) in [7, 11) is 0. The van der Waals surface area contributed by atoms with Gasteiger partial charge in [-0.15, -0.1) is 0 Å². The van der Waals surface area contributed by atoms with Crippen LogP contribution in [-0.4, -0.2) is 18.5 Å². The maximum Gasteiger partial charge on any atom is 0.220 e. The third-order valence-electron chi connectivity index (χ3n) is 5.07. The van der Waals surface area contributed by atoms with Crippen molar-refractivity contribution >= 4 is 5.91 Å². The van der Waals surface area contributed by atoms with Crippen LogP contribution in [0.5, 0.6) is 0 Å². The van der Waals surface area contributed by atoms with E-state index in [1.807, 2.05) is 6.07 Å². The fraction of sp³-hybridized carbons (Fsp3) is 0.632. The van der Waals surface area contributed by atoms with Crippen LogP contribution < -0.4 is 11.1 Å². The first-order valence-corrected chi connectivity index (χ1v) is 8.71. The zero-order valence-electron chi connectivity index (χ0n) is 13.8. The Morgan fingerprint density at radius 1 is 1.23 bits per heavy atom. The highest BCUT2D eigenvalue weighted by molar-refractivity contribution is 5.77. The van der Waals surface area contributed by atoms with E-state index < -0.39 is 0 Å². The van der Waals surface area contributed by atoms with Crippen molar-refractivity contribution in [1.82, 2.24) is 5.32 Å². The van der Waals surface area contributed by atoms with Gasteiger partial charge in [0.05, 0.1) is 0 Å². The van der Waals surface area contributed by atoms with Crippen LogP contribution in [-0.2, 0) is 11.2 Å². The summed E-state index contributed by atoms with van der Waals surface area (Å²) < 4.78 is 0. The van der Waals surface area contributed by atoms with Gasteiger partial charge in [0, 0.05) is 12.5 Å². The third-order valence-corrected chi connectivity index (χ3v) is 5.07. The molecule has 0 saturated heterocycles. The molecule has 3 nitrogen and oxygen atoms in total. The molecule has 1 atom stereocenters. The van der Waals surface area contributed by atoms with Crippen LogP contribution in [0.3, 0.4) is 0 Å². The number of nitrogens with two attached hydrogens (primary N) is 1. The molecule has 1 aliphatic carbocycles. The summed E-state index contributed by atoms with van der Waals surface area (Å²) in [6, 6.07) is 10.6. The summed E-state index contributed by atoms with van der Waals surface area (Å²) in [5.41, 5.74) is 7.32. The zero-order chi connectivity index (χ0) is 15.8. The number of hydrogen-bond donors (Lipinski definition) is 2. The van der Waals surface area contributed by atoms with Crippen LogP contribution in [0.1, 0.15) is 57.4 Å². The molecule has 22 heavy (non-hydrogen) atoms. The Hall–Kier alpha value is -1.35. The van der Waals surface area contributed by atoms with Crippen molar-refractivity contribution in [2.45, 2.75) is 64.3 Å². The van der Waals surface area contributed by atoms with E-state index in [1.165, 1.54) is 24.8 Å². The molecule has 1 unspecified atom stereocenters. The second-order valence-corrected chi connectivity index (χ2v) is 6.80. The first-order valence-electron chi connectivity index (χ1n) is 8.71. The molecule has 1 aliphatic rings. The van der Waals surface area contributed by atoms with Crippen molar-refractivity contribution in [3.8, 4) is 0 Å². The van der Waals surface area contributed by atoms with Gasteiger partial charge >= 0.3 is 0 Å². The van der Waals surface area contributed by atoms with E-state index in [0.717, 1.165) is 25.7 Å². The normalized spacial score (nSPS) is 18.6. The first-order chi connectivity index (χ1) is 10.7. The molecule has 3 N–H and O–H groups in total. The quantitative estimate of drug-likeness (QED) is 0.811. The van der Waals surface area contributed by atoms with Crippen molar-refractivity contribution in [2.75, 3.05) is 6.54 Å². The standard InChI is InChI=1S/C19H30N2O/c1-2-17(13-16-9-5-3-6-10-16)21-18(22)14-19(15-20)11-7-4-8-12-19/h3,5-6,9-10,17H,2,4,7-8,11-15,20H2,1H3,(H,21,22). The molecule has 2 rings (SSSR count). The summed E-state index contributed by atoms with van der Waals surface area (Å²) in [4.78, 5) is 12.5. The van der Waals surface area contributed by atoms with Crippen LogP contribution in [0.2, 0.25) is 0 Å². The van der Waals surface area contributed by atoms with Gasteiger partial charge in [-0.05, 0) is 43.2 Å². The Balaban J connectivity index is 1.88. The lowest BCUT2D eigenvalue weighted by molar-refractivity contribution is -0.124. The van der Waals surface area contributed by atoms with Gasteiger partial charge in [0.1, 0.15) is 0 Å². The van der Waals surface area contributed by atoms with E-state index in [1.54, 1.807) is 0 Å². The smallest absolute Gasteiger partial charge is 0.220 e. The molecule has 0 aromatic heterocycles. The van der Waals surface area contributed by atoms with Crippen molar-refractivity contribution in [3.63, 3.8) is 0 Å². The van der Waals surface area contributed by atoms with Gasteiger partial charge in [0.25, 0.3) is 0 Å². The maximum absolute atomic E-state index is 12.5. The molecule has 0 heterocycles. The molecular weight excluding hydrogens is 272 g/mol. The molecule has 3 heteroatoms. The molecule has 1 aromatic carbocycles. The summed E-state index contributed by atoms with van der Waals surface area (Å²) in [6.07, 6.45) is 8.37. The van der Waals surface area contributed by atoms with Crippen LogP contribution in [0.4, 0.5) is 0 Å². The predicted octanol–water partition coefficient (Wildman–Crippen LogP) is 3.42. The average molecular weight is 302 g/mol. The van der Waals surface area contributed by atoms with Crippen LogP contribution >= 0.6 is 0 Å². The zero-order valence-corrected chi connectivity index (χ0v) is 13.8. The van der Waals surface area contributed by atoms with Gasteiger partial charge in [0.15, 0.2) is 0 Å². The Morgan fingerprint density at radius 2 is 1.91 bits per heavy atom. The molecule has 0 bridgehead atoms. The summed E-state index contributed by atoms with van der Waals surface area (Å²) in [5, 5.41) is 3.23. The Labute approximate surface area is 134 Å². The molecular formula is C19H30N2O. The van der Waals surface area contributed by atoms with Gasteiger partial charge in [0.2, 0.25) is 5.91 Å². The minimum Gasteiger partial charge on any atom is -0.353 e. The van der Waals surface area contributed by atoms with Gasteiger partial charge in [-0.25, -0.2) is 0 Å². The molecule has 0 aliphatic heterocycles. The molecule has 1 fully saturated rings. The van der Waals surface area contributed by atoms with E-state index in [4.69, 9.17) is 5.73 Å². The molecule has 1 aromatic rings. The van der Waals surface area contributed by atoms with Gasteiger partial charge < -0.3 is 11.1 Å². The molecule has 1 saturated carbocycles. The lowest BCUT2D eigenvalue weighted by Gasteiger charge is -2.36. The number of rotatable bonds is 7. The first kappa shape index (κ1) is 17.0. The topological polar surface area (TPSA) is 55.1 Å². The summed E-state index contributed by atoms with van der Waals surface area (Å²) in [6.45, 7) is 2.77. The highest BCUT2D eigenvalue weighted by Crippen LogP contribution is 2.38. The largest absolute Gasteiger partial charge is 0.353 e. The fourth-order valence-corrected chi connectivity index (χ4v) is 3.57. The lowest BCUT2D eigenvalue weighted by atomic mass is 9.71.